The van der Waals surface area contributed by atoms with Crippen LogP contribution in [0.15, 0.2) is 18.2 Å². The van der Waals surface area contributed by atoms with Crippen LogP contribution in [0.25, 0.3) is 11.0 Å². The summed E-state index contributed by atoms with van der Waals surface area (Å²) in [6.45, 7) is 9.24. The molecule has 1 aromatic carbocycles. The van der Waals surface area contributed by atoms with Gasteiger partial charge in [-0.05, 0) is 49.3 Å². The summed E-state index contributed by atoms with van der Waals surface area (Å²) >= 11 is 0. The first-order valence-electron chi connectivity index (χ1n) is 8.15. The van der Waals surface area contributed by atoms with Gasteiger partial charge >= 0.3 is 0 Å². The van der Waals surface area contributed by atoms with Crippen molar-refractivity contribution in [3.8, 4) is 0 Å². The molecule has 0 bridgehead atoms. The van der Waals surface area contributed by atoms with Gasteiger partial charge in [-0.1, -0.05) is 27.7 Å². The highest BCUT2D eigenvalue weighted by atomic mass is 15.1. The van der Waals surface area contributed by atoms with Crippen LogP contribution >= 0.6 is 0 Å². The fourth-order valence-corrected chi connectivity index (χ4v) is 3.57. The van der Waals surface area contributed by atoms with E-state index in [0.29, 0.717) is 17.4 Å². The molecule has 1 aromatic heterocycles. The topological polar surface area (TPSA) is 43.8 Å². The van der Waals surface area contributed by atoms with Gasteiger partial charge < -0.3 is 10.3 Å². The summed E-state index contributed by atoms with van der Waals surface area (Å²) in [6.07, 6.45) is 5.10. The molecule has 3 heteroatoms. The van der Waals surface area contributed by atoms with Crippen molar-refractivity contribution in [1.29, 1.82) is 0 Å². The minimum absolute atomic E-state index is 0.438. The number of rotatable bonds is 2. The lowest BCUT2D eigenvalue weighted by Crippen LogP contribution is -2.24. The molecule has 0 atom stereocenters. The maximum Gasteiger partial charge on any atom is 0.112 e. The first kappa shape index (κ1) is 14.4. The molecular weight excluding hydrogens is 258 g/mol. The Kier molecular flexibility index (Phi) is 3.46. The van der Waals surface area contributed by atoms with Crippen molar-refractivity contribution in [2.45, 2.75) is 65.3 Å². The zero-order valence-electron chi connectivity index (χ0n) is 13.7. The lowest BCUT2D eigenvalue weighted by atomic mass is 9.75. The molecule has 3 nitrogen and oxygen atoms in total. The van der Waals surface area contributed by atoms with Gasteiger partial charge in [-0.15, -0.1) is 0 Å². The quantitative estimate of drug-likeness (QED) is 0.799. The summed E-state index contributed by atoms with van der Waals surface area (Å²) in [5.74, 6) is 1.65. The second-order valence-electron chi connectivity index (χ2n) is 7.64. The number of fused-ring (bicyclic) bond motifs is 1. The smallest absolute Gasteiger partial charge is 0.112 e. The molecule has 0 spiro atoms. The predicted molar refractivity (Wildman–Crippen MR) is 89.5 cm³/mol. The monoisotopic (exact) mass is 285 g/mol. The normalized spacial score (nSPS) is 19.5. The van der Waals surface area contributed by atoms with Crippen molar-refractivity contribution in [1.82, 2.24) is 9.55 Å². The average Bonchev–Trinajstić information content (AvgIpc) is 2.77. The van der Waals surface area contributed by atoms with E-state index in [1.165, 1.54) is 37.0 Å². The van der Waals surface area contributed by atoms with Crippen LogP contribution in [0.3, 0.4) is 0 Å². The number of benzene rings is 1. The van der Waals surface area contributed by atoms with E-state index in [4.69, 9.17) is 10.7 Å². The van der Waals surface area contributed by atoms with Crippen LogP contribution in [-0.2, 0) is 0 Å². The molecule has 2 N–H and O–H groups in total. The average molecular weight is 285 g/mol. The van der Waals surface area contributed by atoms with E-state index in [1.54, 1.807) is 0 Å². The number of imidazole rings is 1. The molecule has 0 saturated heterocycles. The molecule has 21 heavy (non-hydrogen) atoms. The Morgan fingerprint density at radius 2 is 1.90 bits per heavy atom. The number of nitrogen functional groups attached to an aromatic ring is 1. The number of hydrogen-bond donors (Lipinski definition) is 1. The first-order valence-corrected chi connectivity index (χ1v) is 8.15. The Morgan fingerprint density at radius 1 is 1.24 bits per heavy atom. The summed E-state index contributed by atoms with van der Waals surface area (Å²) in [7, 11) is 0. The highest BCUT2D eigenvalue weighted by Gasteiger charge is 2.30. The third-order valence-corrected chi connectivity index (χ3v) is 4.93. The molecular formula is C18H27N3. The number of nitrogens with two attached hydrogens (primary N) is 1. The molecule has 0 amide bonds. The van der Waals surface area contributed by atoms with E-state index in [2.05, 4.69) is 38.3 Å². The predicted octanol–water partition coefficient (Wildman–Crippen LogP) is 4.88. The van der Waals surface area contributed by atoms with E-state index in [9.17, 15) is 0 Å². The Balaban J connectivity index is 2.06. The fourth-order valence-electron chi connectivity index (χ4n) is 3.57. The SMILES string of the molecule is CC(C)c1nc2cc(N)ccc2n1C1CCC(C)(C)CC1. The van der Waals surface area contributed by atoms with Crippen LogP contribution in [0.2, 0.25) is 0 Å². The van der Waals surface area contributed by atoms with Gasteiger partial charge in [-0.3, -0.25) is 0 Å². The minimum atomic E-state index is 0.438. The molecule has 1 aliphatic carbocycles. The van der Waals surface area contributed by atoms with Gasteiger partial charge in [-0.2, -0.15) is 0 Å². The van der Waals surface area contributed by atoms with Crippen LogP contribution in [0.5, 0.6) is 0 Å². The summed E-state index contributed by atoms with van der Waals surface area (Å²) in [5, 5.41) is 0. The second-order valence-corrected chi connectivity index (χ2v) is 7.64. The molecule has 0 radical (unpaired) electrons. The van der Waals surface area contributed by atoms with Crippen LogP contribution < -0.4 is 5.73 Å². The van der Waals surface area contributed by atoms with E-state index < -0.39 is 0 Å². The van der Waals surface area contributed by atoms with E-state index in [1.807, 2.05) is 12.1 Å². The summed E-state index contributed by atoms with van der Waals surface area (Å²) in [6, 6.07) is 6.73. The Labute approximate surface area is 127 Å². The molecule has 1 fully saturated rings. The first-order chi connectivity index (χ1) is 9.87. The van der Waals surface area contributed by atoms with Crippen molar-refractivity contribution >= 4 is 16.7 Å². The number of aromatic nitrogens is 2. The molecule has 1 heterocycles. The molecule has 1 aliphatic rings. The van der Waals surface area contributed by atoms with Gasteiger partial charge in [0.1, 0.15) is 5.82 Å². The van der Waals surface area contributed by atoms with Gasteiger partial charge in [0.25, 0.3) is 0 Å². The van der Waals surface area contributed by atoms with Crippen molar-refractivity contribution in [2.75, 3.05) is 5.73 Å². The van der Waals surface area contributed by atoms with Crippen molar-refractivity contribution in [2.24, 2.45) is 5.41 Å². The third kappa shape index (κ3) is 2.66. The molecule has 1 saturated carbocycles. The summed E-state index contributed by atoms with van der Waals surface area (Å²) in [5.41, 5.74) is 9.51. The van der Waals surface area contributed by atoms with Crippen LogP contribution in [-0.4, -0.2) is 9.55 Å². The Morgan fingerprint density at radius 3 is 2.52 bits per heavy atom. The van der Waals surface area contributed by atoms with E-state index in [0.717, 1.165) is 11.2 Å². The van der Waals surface area contributed by atoms with Gasteiger partial charge in [0.05, 0.1) is 11.0 Å². The van der Waals surface area contributed by atoms with Crippen LogP contribution in [0.4, 0.5) is 5.69 Å². The van der Waals surface area contributed by atoms with Gasteiger partial charge in [0.15, 0.2) is 0 Å². The zero-order valence-corrected chi connectivity index (χ0v) is 13.7. The van der Waals surface area contributed by atoms with Crippen LogP contribution in [0, 0.1) is 5.41 Å². The van der Waals surface area contributed by atoms with Gasteiger partial charge in [0, 0.05) is 17.6 Å². The summed E-state index contributed by atoms with van der Waals surface area (Å²) in [4.78, 5) is 4.87. The molecule has 0 unspecified atom stereocenters. The largest absolute Gasteiger partial charge is 0.399 e. The minimum Gasteiger partial charge on any atom is -0.399 e. The van der Waals surface area contributed by atoms with Crippen molar-refractivity contribution in [3.05, 3.63) is 24.0 Å². The van der Waals surface area contributed by atoms with Gasteiger partial charge in [0.2, 0.25) is 0 Å². The molecule has 2 aromatic rings. The number of anilines is 1. The highest BCUT2D eigenvalue weighted by molar-refractivity contribution is 5.80. The number of hydrogen-bond acceptors (Lipinski definition) is 2. The van der Waals surface area contributed by atoms with E-state index >= 15 is 0 Å². The lowest BCUT2D eigenvalue weighted by Gasteiger charge is -2.36. The van der Waals surface area contributed by atoms with Crippen LogP contribution in [0.1, 0.15) is 71.2 Å². The maximum absolute atomic E-state index is 5.92. The molecule has 0 aliphatic heterocycles. The highest BCUT2D eigenvalue weighted by Crippen LogP contribution is 2.42. The number of nitrogens with zero attached hydrogens (tertiary/aromatic N) is 2. The van der Waals surface area contributed by atoms with Crippen molar-refractivity contribution in [3.63, 3.8) is 0 Å². The lowest BCUT2D eigenvalue weighted by molar-refractivity contribution is 0.193. The third-order valence-electron chi connectivity index (χ3n) is 4.93. The van der Waals surface area contributed by atoms with E-state index in [-0.39, 0.29) is 0 Å². The standard InChI is InChI=1S/C18H27N3/c1-12(2)17-20-15-11-13(19)5-6-16(15)21(17)14-7-9-18(3,4)10-8-14/h5-6,11-12,14H,7-10,19H2,1-4H3. The molecule has 114 valence electrons. The zero-order chi connectivity index (χ0) is 15.2. The van der Waals surface area contributed by atoms with Gasteiger partial charge in [-0.25, -0.2) is 4.98 Å². The summed E-state index contributed by atoms with van der Waals surface area (Å²) < 4.78 is 2.49. The molecule has 3 rings (SSSR count). The van der Waals surface area contributed by atoms with Crippen molar-refractivity contribution < 1.29 is 0 Å². The Hall–Kier alpha value is -1.51. The maximum atomic E-state index is 5.92. The second kappa shape index (κ2) is 5.04. The Bertz CT molecular complexity index is 642. The fraction of sp³-hybridized carbons (Fsp3) is 0.611.